The third-order valence-corrected chi connectivity index (χ3v) is 3.21. The third-order valence-electron chi connectivity index (χ3n) is 3.21. The van der Waals surface area contributed by atoms with Gasteiger partial charge in [0.15, 0.2) is 0 Å². The van der Waals surface area contributed by atoms with Crippen LogP contribution in [0.2, 0.25) is 0 Å². The van der Waals surface area contributed by atoms with Gasteiger partial charge < -0.3 is 14.8 Å². The highest BCUT2D eigenvalue weighted by Crippen LogP contribution is 2.26. The molecule has 1 aliphatic heterocycles. The minimum atomic E-state index is -0.478. The van der Waals surface area contributed by atoms with Crippen LogP contribution >= 0.6 is 0 Å². The van der Waals surface area contributed by atoms with E-state index in [-0.39, 0.29) is 6.10 Å². The van der Waals surface area contributed by atoms with E-state index in [0.717, 1.165) is 25.9 Å². The molecule has 0 aromatic rings. The van der Waals surface area contributed by atoms with Crippen molar-refractivity contribution in [2.24, 2.45) is 5.92 Å². The molecular formula is C11H19NO3. The molecule has 1 aliphatic carbocycles. The standard InChI is InChI=1S/C11H19NO3/c13-11(14-8-9-2-1-3-9)15-10-4-6-12-7-5-10/h9-10,12H,1-8H2. The van der Waals surface area contributed by atoms with Crippen molar-refractivity contribution in [3.63, 3.8) is 0 Å². The minimum absolute atomic E-state index is 0.0557. The number of hydrogen-bond acceptors (Lipinski definition) is 4. The van der Waals surface area contributed by atoms with Crippen LogP contribution in [0, 0.1) is 5.92 Å². The molecule has 0 atom stereocenters. The van der Waals surface area contributed by atoms with Crippen LogP contribution in [0.3, 0.4) is 0 Å². The van der Waals surface area contributed by atoms with Crippen molar-refractivity contribution in [3.05, 3.63) is 0 Å². The van der Waals surface area contributed by atoms with E-state index >= 15 is 0 Å². The maximum Gasteiger partial charge on any atom is 0.508 e. The summed E-state index contributed by atoms with van der Waals surface area (Å²) in [6.45, 7) is 2.41. The fraction of sp³-hybridized carbons (Fsp3) is 0.909. The van der Waals surface area contributed by atoms with Crippen LogP contribution in [0.15, 0.2) is 0 Å². The zero-order valence-electron chi connectivity index (χ0n) is 9.04. The first-order valence-electron chi connectivity index (χ1n) is 5.89. The molecule has 4 nitrogen and oxygen atoms in total. The van der Waals surface area contributed by atoms with Crippen molar-refractivity contribution >= 4 is 6.16 Å². The van der Waals surface area contributed by atoms with Gasteiger partial charge in [-0.3, -0.25) is 0 Å². The van der Waals surface area contributed by atoms with Crippen LogP contribution in [0.4, 0.5) is 4.79 Å². The minimum Gasteiger partial charge on any atom is -0.434 e. The van der Waals surface area contributed by atoms with Crippen LogP contribution in [-0.4, -0.2) is 32.0 Å². The van der Waals surface area contributed by atoms with Gasteiger partial charge >= 0.3 is 6.16 Å². The van der Waals surface area contributed by atoms with E-state index in [1.165, 1.54) is 19.3 Å². The van der Waals surface area contributed by atoms with Crippen molar-refractivity contribution < 1.29 is 14.3 Å². The Morgan fingerprint density at radius 2 is 1.93 bits per heavy atom. The number of hydrogen-bond donors (Lipinski definition) is 1. The van der Waals surface area contributed by atoms with Gasteiger partial charge in [-0.25, -0.2) is 4.79 Å². The summed E-state index contributed by atoms with van der Waals surface area (Å²) >= 11 is 0. The van der Waals surface area contributed by atoms with Crippen LogP contribution < -0.4 is 5.32 Å². The number of nitrogens with one attached hydrogen (secondary N) is 1. The average Bonchev–Trinajstić information content (AvgIpc) is 2.17. The molecule has 1 saturated carbocycles. The lowest BCUT2D eigenvalue weighted by atomic mass is 9.86. The smallest absolute Gasteiger partial charge is 0.434 e. The Morgan fingerprint density at radius 3 is 2.53 bits per heavy atom. The van der Waals surface area contributed by atoms with E-state index < -0.39 is 6.16 Å². The number of rotatable bonds is 3. The van der Waals surface area contributed by atoms with E-state index in [2.05, 4.69) is 5.32 Å². The lowest BCUT2D eigenvalue weighted by Crippen LogP contribution is -2.34. The average molecular weight is 213 g/mol. The summed E-state index contributed by atoms with van der Waals surface area (Å²) in [6, 6.07) is 0. The maximum absolute atomic E-state index is 11.3. The van der Waals surface area contributed by atoms with Crippen molar-refractivity contribution in [3.8, 4) is 0 Å². The van der Waals surface area contributed by atoms with Crippen LogP contribution in [-0.2, 0) is 9.47 Å². The summed E-state index contributed by atoms with van der Waals surface area (Å²) < 4.78 is 10.3. The Bertz CT molecular complexity index is 210. The zero-order valence-corrected chi connectivity index (χ0v) is 9.04. The molecular weight excluding hydrogens is 194 g/mol. The van der Waals surface area contributed by atoms with Crippen molar-refractivity contribution in [2.75, 3.05) is 19.7 Å². The summed E-state index contributed by atoms with van der Waals surface area (Å²) in [5, 5.41) is 3.22. The summed E-state index contributed by atoms with van der Waals surface area (Å²) in [7, 11) is 0. The quantitative estimate of drug-likeness (QED) is 0.725. The number of piperidine rings is 1. The van der Waals surface area contributed by atoms with Gasteiger partial charge in [-0.15, -0.1) is 0 Å². The van der Waals surface area contributed by atoms with E-state index in [1.807, 2.05) is 0 Å². The zero-order chi connectivity index (χ0) is 10.5. The second-order valence-corrected chi connectivity index (χ2v) is 4.43. The molecule has 0 bridgehead atoms. The third kappa shape index (κ3) is 3.38. The molecule has 0 aromatic carbocycles. The SMILES string of the molecule is O=C(OCC1CCC1)OC1CCNCC1. The monoisotopic (exact) mass is 213 g/mol. The molecule has 0 radical (unpaired) electrons. The molecule has 0 unspecified atom stereocenters. The number of ether oxygens (including phenoxy) is 2. The molecule has 0 aromatic heterocycles. The lowest BCUT2D eigenvalue weighted by molar-refractivity contribution is 0.000235. The highest BCUT2D eigenvalue weighted by Gasteiger charge is 2.22. The van der Waals surface area contributed by atoms with Crippen LogP contribution in [0.1, 0.15) is 32.1 Å². The largest absolute Gasteiger partial charge is 0.508 e. The van der Waals surface area contributed by atoms with Crippen molar-refractivity contribution in [2.45, 2.75) is 38.2 Å². The normalized spacial score (nSPS) is 23.2. The molecule has 2 fully saturated rings. The summed E-state index contributed by atoms with van der Waals surface area (Å²) in [5.74, 6) is 0.588. The van der Waals surface area contributed by atoms with Gasteiger partial charge in [-0.05, 0) is 44.7 Å². The molecule has 4 heteroatoms. The first kappa shape index (κ1) is 10.7. The molecule has 2 rings (SSSR count). The second kappa shape index (κ2) is 5.35. The van der Waals surface area contributed by atoms with Gasteiger partial charge in [-0.1, -0.05) is 6.42 Å². The topological polar surface area (TPSA) is 47.6 Å². The fourth-order valence-electron chi connectivity index (χ4n) is 1.93. The first-order chi connectivity index (χ1) is 7.34. The second-order valence-electron chi connectivity index (χ2n) is 4.43. The highest BCUT2D eigenvalue weighted by atomic mass is 16.7. The van der Waals surface area contributed by atoms with Gasteiger partial charge in [0.05, 0.1) is 6.61 Å². The molecule has 86 valence electrons. The van der Waals surface area contributed by atoms with Crippen LogP contribution in [0.5, 0.6) is 0 Å². The van der Waals surface area contributed by atoms with E-state index in [0.29, 0.717) is 12.5 Å². The predicted molar refractivity (Wildman–Crippen MR) is 55.7 cm³/mol. The van der Waals surface area contributed by atoms with E-state index in [4.69, 9.17) is 9.47 Å². The Hall–Kier alpha value is -0.770. The Morgan fingerprint density at radius 1 is 1.20 bits per heavy atom. The molecule has 2 aliphatic rings. The van der Waals surface area contributed by atoms with Gasteiger partial charge in [0.1, 0.15) is 6.10 Å². The fourth-order valence-corrected chi connectivity index (χ4v) is 1.93. The Kier molecular flexibility index (Phi) is 3.83. The van der Waals surface area contributed by atoms with E-state index in [1.54, 1.807) is 0 Å². The molecule has 1 N–H and O–H groups in total. The molecule has 1 saturated heterocycles. The van der Waals surface area contributed by atoms with Gasteiger partial charge in [0.25, 0.3) is 0 Å². The van der Waals surface area contributed by atoms with Crippen molar-refractivity contribution in [1.29, 1.82) is 0 Å². The molecule has 0 spiro atoms. The van der Waals surface area contributed by atoms with Gasteiger partial charge in [0, 0.05) is 0 Å². The summed E-state index contributed by atoms with van der Waals surface area (Å²) in [6.07, 6.45) is 5.05. The van der Waals surface area contributed by atoms with Crippen LogP contribution in [0.25, 0.3) is 0 Å². The summed E-state index contributed by atoms with van der Waals surface area (Å²) in [4.78, 5) is 11.3. The Balaban J connectivity index is 1.58. The maximum atomic E-state index is 11.3. The van der Waals surface area contributed by atoms with Crippen molar-refractivity contribution in [1.82, 2.24) is 5.32 Å². The Labute approximate surface area is 90.3 Å². The van der Waals surface area contributed by atoms with Gasteiger partial charge in [-0.2, -0.15) is 0 Å². The number of carbonyl (C=O) groups excluding carboxylic acids is 1. The number of carbonyl (C=O) groups is 1. The molecule has 15 heavy (non-hydrogen) atoms. The molecule has 1 heterocycles. The van der Waals surface area contributed by atoms with E-state index in [9.17, 15) is 4.79 Å². The predicted octanol–water partition coefficient (Wildman–Crippen LogP) is 1.69. The van der Waals surface area contributed by atoms with Gasteiger partial charge in [0.2, 0.25) is 0 Å². The molecule has 0 amide bonds. The summed E-state index contributed by atoms with van der Waals surface area (Å²) in [5.41, 5.74) is 0. The highest BCUT2D eigenvalue weighted by molar-refractivity contribution is 5.60. The lowest BCUT2D eigenvalue weighted by Gasteiger charge is -2.26. The first-order valence-corrected chi connectivity index (χ1v) is 5.89.